The van der Waals surface area contributed by atoms with Gasteiger partial charge >= 0.3 is 12.1 Å². The van der Waals surface area contributed by atoms with Crippen LogP contribution in [0.4, 0.5) is 4.79 Å². The lowest BCUT2D eigenvalue weighted by Crippen LogP contribution is -2.35. The summed E-state index contributed by atoms with van der Waals surface area (Å²) >= 11 is 0. The van der Waals surface area contributed by atoms with Crippen molar-refractivity contribution in [3.63, 3.8) is 0 Å². The first-order valence-corrected chi connectivity index (χ1v) is 22.5. The highest BCUT2D eigenvalue weighted by molar-refractivity contribution is 5.76. The Hall–Kier alpha value is -2.35. The van der Waals surface area contributed by atoms with Crippen LogP contribution in [0, 0.1) is 6.92 Å². The van der Waals surface area contributed by atoms with Crippen molar-refractivity contribution in [1.29, 1.82) is 0 Å². The van der Waals surface area contributed by atoms with Gasteiger partial charge in [0.05, 0.1) is 13.2 Å². The number of nitrogens with zero attached hydrogens (tertiary/aromatic N) is 2. The second-order valence-electron chi connectivity index (χ2n) is 14.8. The normalized spacial score (nSPS) is 12.2. The molecule has 0 aromatic rings. The smallest absolute Gasteiger partial charge is 0.464 e. The Bertz CT molecular complexity index is 919. The Morgan fingerprint density at radius 2 is 1.13 bits per heavy atom. The third-order valence-corrected chi connectivity index (χ3v) is 10.1. The van der Waals surface area contributed by atoms with Gasteiger partial charge < -0.3 is 24.0 Å². The number of unbranched alkanes of at least 4 members (excludes halogenated alkanes) is 17. The summed E-state index contributed by atoms with van der Waals surface area (Å²) < 4.78 is 16.6. The summed E-state index contributed by atoms with van der Waals surface area (Å²) in [5, 5.41) is 0. The molecule has 0 rings (SSSR count). The van der Waals surface area contributed by atoms with Crippen molar-refractivity contribution in [2.45, 2.75) is 201 Å². The summed E-state index contributed by atoms with van der Waals surface area (Å²) in [6.07, 6.45) is 35.6. The zero-order valence-electron chi connectivity index (χ0n) is 35.8. The Labute approximate surface area is 333 Å². The fourth-order valence-electron chi connectivity index (χ4n) is 6.50. The lowest BCUT2D eigenvalue weighted by molar-refractivity contribution is -0.146. The maximum atomic E-state index is 13.1. The van der Waals surface area contributed by atoms with Gasteiger partial charge in [-0.1, -0.05) is 142 Å². The summed E-state index contributed by atoms with van der Waals surface area (Å²) in [4.78, 5) is 41.9. The first-order valence-electron chi connectivity index (χ1n) is 22.5. The molecule has 0 N–H and O–H groups in total. The third kappa shape index (κ3) is 34.2. The van der Waals surface area contributed by atoms with Crippen molar-refractivity contribution < 1.29 is 28.6 Å². The lowest BCUT2D eigenvalue weighted by Gasteiger charge is -2.23. The zero-order valence-corrected chi connectivity index (χ0v) is 35.8. The molecule has 0 fully saturated rings. The number of hydrogen-bond donors (Lipinski definition) is 0. The standard InChI is InChI=1S/C46H85N2O6/c1-6-11-13-15-17-19-21-22-23-24-25-27-29-31-33-36-45(50)52-42-40-48(10-5)44(49)38-37-43(35-32-30-28-26-20-18-16-14-12-7-2)54-46(51)53-41-34-39-47(8-3)9-4/h17,19,22-23,43H,5-16,18,20-21,24-42H2,1-4H3/b19-17-,23-22-. The average molecular weight is 762 g/mol. The first-order chi connectivity index (χ1) is 26.4. The second-order valence-corrected chi connectivity index (χ2v) is 14.8. The number of amides is 1. The van der Waals surface area contributed by atoms with E-state index in [0.717, 1.165) is 71.0 Å². The molecule has 1 atom stereocenters. The highest BCUT2D eigenvalue weighted by Crippen LogP contribution is 2.17. The summed E-state index contributed by atoms with van der Waals surface area (Å²) in [6, 6.07) is 0. The molecule has 8 heteroatoms. The van der Waals surface area contributed by atoms with Crippen LogP contribution in [0.5, 0.6) is 0 Å². The SMILES string of the molecule is [CH2]CN(CCOC(=O)CCCCCCC/C=C\C/C=C\CCCCC)C(=O)CCC(CCCCCCCCCCCC)OC(=O)OCCCN(CC)CC. The van der Waals surface area contributed by atoms with Crippen molar-refractivity contribution in [3.05, 3.63) is 31.2 Å². The van der Waals surface area contributed by atoms with E-state index in [-0.39, 0.29) is 31.0 Å². The number of carbonyl (C=O) groups excluding carboxylic acids is 3. The lowest BCUT2D eigenvalue weighted by atomic mass is 10.0. The van der Waals surface area contributed by atoms with Crippen molar-refractivity contribution in [1.82, 2.24) is 9.80 Å². The third-order valence-electron chi connectivity index (χ3n) is 10.1. The number of allylic oxidation sites excluding steroid dienone is 4. The molecule has 1 unspecified atom stereocenters. The van der Waals surface area contributed by atoms with E-state index in [1.807, 2.05) is 0 Å². The Morgan fingerprint density at radius 3 is 1.74 bits per heavy atom. The number of rotatable bonds is 39. The Kier molecular flexibility index (Phi) is 38.6. The minimum absolute atomic E-state index is 0.0703. The van der Waals surface area contributed by atoms with Crippen LogP contribution >= 0.6 is 0 Å². The predicted octanol–water partition coefficient (Wildman–Crippen LogP) is 12.4. The molecule has 0 aliphatic heterocycles. The molecule has 0 saturated heterocycles. The van der Waals surface area contributed by atoms with Crippen LogP contribution in [-0.4, -0.2) is 79.9 Å². The average Bonchev–Trinajstić information content (AvgIpc) is 3.17. The number of ether oxygens (including phenoxy) is 3. The monoisotopic (exact) mass is 762 g/mol. The molecule has 0 aliphatic carbocycles. The van der Waals surface area contributed by atoms with Crippen LogP contribution in [0.25, 0.3) is 0 Å². The van der Waals surface area contributed by atoms with E-state index in [1.54, 1.807) is 4.90 Å². The van der Waals surface area contributed by atoms with E-state index in [4.69, 9.17) is 14.2 Å². The van der Waals surface area contributed by atoms with Gasteiger partial charge in [-0.3, -0.25) is 9.59 Å². The fourth-order valence-corrected chi connectivity index (χ4v) is 6.50. The molecule has 0 aliphatic rings. The van der Waals surface area contributed by atoms with Crippen LogP contribution in [0.15, 0.2) is 24.3 Å². The van der Waals surface area contributed by atoms with Gasteiger partial charge in [0.25, 0.3) is 0 Å². The molecule has 315 valence electrons. The minimum atomic E-state index is -0.649. The summed E-state index contributed by atoms with van der Waals surface area (Å²) in [5.41, 5.74) is 0. The minimum Gasteiger partial charge on any atom is -0.464 e. The van der Waals surface area contributed by atoms with Crippen LogP contribution < -0.4 is 0 Å². The molecule has 8 nitrogen and oxygen atoms in total. The quantitative estimate of drug-likeness (QED) is 0.0350. The van der Waals surface area contributed by atoms with E-state index in [9.17, 15) is 14.4 Å². The van der Waals surface area contributed by atoms with Gasteiger partial charge in [0.2, 0.25) is 5.91 Å². The van der Waals surface area contributed by atoms with Crippen LogP contribution in [0.3, 0.4) is 0 Å². The van der Waals surface area contributed by atoms with Crippen molar-refractivity contribution in [2.24, 2.45) is 0 Å². The Morgan fingerprint density at radius 1 is 0.574 bits per heavy atom. The van der Waals surface area contributed by atoms with Gasteiger partial charge in [0, 0.05) is 25.9 Å². The fraction of sp³-hybridized carbons (Fsp3) is 0.826. The van der Waals surface area contributed by atoms with Gasteiger partial charge in [0.1, 0.15) is 12.7 Å². The molecule has 0 bridgehead atoms. The van der Waals surface area contributed by atoms with E-state index >= 15 is 0 Å². The van der Waals surface area contributed by atoms with Crippen molar-refractivity contribution >= 4 is 18.0 Å². The second kappa shape index (κ2) is 40.3. The van der Waals surface area contributed by atoms with Crippen LogP contribution in [-0.2, 0) is 23.8 Å². The molecule has 1 radical (unpaired) electrons. The van der Waals surface area contributed by atoms with Gasteiger partial charge in [-0.25, -0.2) is 4.79 Å². The molecular weight excluding hydrogens is 677 g/mol. The number of hydrogen-bond acceptors (Lipinski definition) is 7. The first kappa shape index (κ1) is 51.6. The molecule has 54 heavy (non-hydrogen) atoms. The van der Waals surface area contributed by atoms with Crippen LogP contribution in [0.2, 0.25) is 0 Å². The molecular formula is C46H85N2O6. The van der Waals surface area contributed by atoms with Gasteiger partial charge in [-0.2, -0.15) is 0 Å². The van der Waals surface area contributed by atoms with E-state index in [1.165, 1.54) is 89.9 Å². The van der Waals surface area contributed by atoms with Gasteiger partial charge in [0.15, 0.2) is 0 Å². The van der Waals surface area contributed by atoms with E-state index < -0.39 is 6.16 Å². The van der Waals surface area contributed by atoms with E-state index in [0.29, 0.717) is 39.0 Å². The summed E-state index contributed by atoms with van der Waals surface area (Å²) in [6.45, 7) is 16.6. The molecule has 0 aromatic heterocycles. The highest BCUT2D eigenvalue weighted by atomic mass is 16.7. The Balaban J connectivity index is 4.41. The van der Waals surface area contributed by atoms with Crippen molar-refractivity contribution in [3.8, 4) is 0 Å². The largest absolute Gasteiger partial charge is 0.508 e. The number of esters is 1. The molecule has 0 aromatic carbocycles. The van der Waals surface area contributed by atoms with Crippen molar-refractivity contribution in [2.75, 3.05) is 45.9 Å². The van der Waals surface area contributed by atoms with Gasteiger partial charge in [-0.05, 0) is 84.2 Å². The summed E-state index contributed by atoms with van der Waals surface area (Å²) in [7, 11) is 0. The summed E-state index contributed by atoms with van der Waals surface area (Å²) in [5.74, 6) is -0.281. The maximum Gasteiger partial charge on any atom is 0.508 e. The molecule has 1 amide bonds. The molecule has 0 heterocycles. The highest BCUT2D eigenvalue weighted by Gasteiger charge is 2.20. The topological polar surface area (TPSA) is 85.4 Å². The number of carbonyl (C=O) groups is 3. The van der Waals surface area contributed by atoms with Crippen LogP contribution in [0.1, 0.15) is 195 Å². The van der Waals surface area contributed by atoms with Gasteiger partial charge in [-0.15, -0.1) is 0 Å². The molecule has 0 spiro atoms. The maximum absolute atomic E-state index is 13.1. The predicted molar refractivity (Wildman–Crippen MR) is 227 cm³/mol. The zero-order chi connectivity index (χ0) is 39.7. The van der Waals surface area contributed by atoms with E-state index in [2.05, 4.69) is 63.8 Å². The molecule has 0 saturated carbocycles.